The van der Waals surface area contributed by atoms with Crippen molar-refractivity contribution >= 4 is 22.7 Å². The van der Waals surface area contributed by atoms with E-state index in [4.69, 9.17) is 4.74 Å². The van der Waals surface area contributed by atoms with Crippen LogP contribution in [0.4, 0.5) is 0 Å². The van der Waals surface area contributed by atoms with Crippen LogP contribution in [0.5, 0.6) is 5.75 Å². The van der Waals surface area contributed by atoms with Gasteiger partial charge in [0.25, 0.3) is 0 Å². The smallest absolute Gasteiger partial charge is 0.152 e. The van der Waals surface area contributed by atoms with Crippen LogP contribution in [-0.2, 0) is 16.0 Å². The highest BCUT2D eigenvalue weighted by atomic mass is 16.5. The summed E-state index contributed by atoms with van der Waals surface area (Å²) in [5.41, 5.74) is 7.71. The van der Waals surface area contributed by atoms with Crippen LogP contribution in [0.15, 0.2) is 84.9 Å². The number of allylic oxidation sites excluding steroid dienone is 3. The highest BCUT2D eigenvalue weighted by Gasteiger charge is 2.08. The summed E-state index contributed by atoms with van der Waals surface area (Å²) in [6.07, 6.45) is 4.50. The molecular formula is C32H34O3. The first kappa shape index (κ1) is 25.9. The van der Waals surface area contributed by atoms with E-state index >= 15 is 0 Å². The molecule has 0 aliphatic rings. The third kappa shape index (κ3) is 7.65. The van der Waals surface area contributed by atoms with Gasteiger partial charge < -0.3 is 4.74 Å². The van der Waals surface area contributed by atoms with E-state index in [0.717, 1.165) is 51.1 Å². The third-order valence-electron chi connectivity index (χ3n) is 6.21. The predicted molar refractivity (Wildman–Crippen MR) is 145 cm³/mol. The summed E-state index contributed by atoms with van der Waals surface area (Å²) < 4.78 is 5.89. The molecule has 1 unspecified atom stereocenters. The lowest BCUT2D eigenvalue weighted by molar-refractivity contribution is -0.120. The van der Waals surface area contributed by atoms with E-state index in [2.05, 4.69) is 49.4 Å². The molecule has 0 saturated heterocycles. The van der Waals surface area contributed by atoms with Crippen LogP contribution in [-0.4, -0.2) is 18.2 Å². The fourth-order valence-electron chi connectivity index (χ4n) is 3.86. The van der Waals surface area contributed by atoms with Gasteiger partial charge in [-0.15, -0.1) is 0 Å². The van der Waals surface area contributed by atoms with Crippen LogP contribution in [0.2, 0.25) is 0 Å². The Balaban J connectivity index is 1.61. The lowest BCUT2D eigenvalue weighted by Gasteiger charge is -2.10. The summed E-state index contributed by atoms with van der Waals surface area (Å²) >= 11 is 0. The zero-order valence-corrected chi connectivity index (χ0v) is 21.3. The second-order valence-corrected chi connectivity index (χ2v) is 9.15. The van der Waals surface area contributed by atoms with Crippen molar-refractivity contribution in [3.05, 3.63) is 102 Å². The number of hydrogen-bond acceptors (Lipinski definition) is 3. The Morgan fingerprint density at radius 2 is 1.49 bits per heavy atom. The van der Waals surface area contributed by atoms with Gasteiger partial charge in [-0.05, 0) is 103 Å². The molecule has 0 bridgehead atoms. The highest BCUT2D eigenvalue weighted by molar-refractivity contribution is 5.95. The molecule has 0 fully saturated rings. The maximum atomic E-state index is 11.5. The van der Waals surface area contributed by atoms with Gasteiger partial charge >= 0.3 is 0 Å². The summed E-state index contributed by atoms with van der Waals surface area (Å²) in [7, 11) is 0. The van der Waals surface area contributed by atoms with Crippen LogP contribution in [0, 0.1) is 5.92 Å². The first-order valence-corrected chi connectivity index (χ1v) is 12.0. The van der Waals surface area contributed by atoms with Crippen molar-refractivity contribution in [2.75, 3.05) is 6.61 Å². The summed E-state index contributed by atoms with van der Waals surface area (Å²) in [5.74, 6) is 1.12. The molecule has 180 valence electrons. The Hall–Kier alpha value is -3.72. The van der Waals surface area contributed by atoms with Gasteiger partial charge in [-0.2, -0.15) is 0 Å². The molecule has 1 atom stereocenters. The minimum absolute atomic E-state index is 0.0374. The molecule has 0 saturated carbocycles. The van der Waals surface area contributed by atoms with Gasteiger partial charge in [0.1, 0.15) is 18.1 Å². The molecule has 3 aromatic rings. The highest BCUT2D eigenvalue weighted by Crippen LogP contribution is 2.26. The van der Waals surface area contributed by atoms with E-state index in [0.29, 0.717) is 6.61 Å². The fourth-order valence-corrected chi connectivity index (χ4v) is 3.86. The number of rotatable bonds is 10. The standard InChI is InChI=1S/C32H34O3/c1-22(17-18-35-32-15-9-27(10-16-32)20-23(2)26(5)34)28-11-13-29(14-12-28)31-8-6-7-30(21-31)24(3)19-25(4)33/h6-17,19,21,23H,18,20H2,1-5H3/b22-17+,24-19+. The molecule has 0 aliphatic carbocycles. The van der Waals surface area contributed by atoms with Crippen molar-refractivity contribution in [1.82, 2.24) is 0 Å². The van der Waals surface area contributed by atoms with Crippen molar-refractivity contribution < 1.29 is 14.3 Å². The largest absolute Gasteiger partial charge is 0.490 e. The van der Waals surface area contributed by atoms with Crippen LogP contribution in [0.1, 0.15) is 51.3 Å². The van der Waals surface area contributed by atoms with Crippen molar-refractivity contribution in [3.8, 4) is 16.9 Å². The van der Waals surface area contributed by atoms with Gasteiger partial charge in [-0.25, -0.2) is 0 Å². The first-order chi connectivity index (χ1) is 16.7. The van der Waals surface area contributed by atoms with Crippen molar-refractivity contribution in [1.29, 1.82) is 0 Å². The first-order valence-electron chi connectivity index (χ1n) is 12.0. The maximum Gasteiger partial charge on any atom is 0.152 e. The van der Waals surface area contributed by atoms with Crippen molar-refractivity contribution in [2.24, 2.45) is 5.92 Å². The Morgan fingerprint density at radius 3 is 2.11 bits per heavy atom. The van der Waals surface area contributed by atoms with Gasteiger partial charge in [0.15, 0.2) is 5.78 Å². The summed E-state index contributed by atoms with van der Waals surface area (Å²) in [6.45, 7) is 9.70. The summed E-state index contributed by atoms with van der Waals surface area (Å²) in [6, 6.07) is 24.7. The molecule has 0 aliphatic heterocycles. The summed E-state index contributed by atoms with van der Waals surface area (Å²) in [4.78, 5) is 22.9. The molecule has 0 amide bonds. The molecule has 0 aromatic heterocycles. The SMILES string of the molecule is CC(=O)/C=C(\C)c1cccc(-c2ccc(/C(C)=C/COc3ccc(CC(C)C(C)=O)cc3)cc2)c1. The maximum absolute atomic E-state index is 11.5. The number of ketones is 2. The van der Waals surface area contributed by atoms with Crippen LogP contribution < -0.4 is 4.74 Å². The molecule has 0 radical (unpaired) electrons. The molecule has 0 spiro atoms. The number of hydrogen-bond donors (Lipinski definition) is 0. The number of Topliss-reactive ketones (excluding diaryl/α,β-unsaturated/α-hetero) is 1. The van der Waals surface area contributed by atoms with Crippen LogP contribution >= 0.6 is 0 Å². The van der Waals surface area contributed by atoms with Gasteiger partial charge in [0.2, 0.25) is 0 Å². The number of carbonyl (C=O) groups is 2. The van der Waals surface area contributed by atoms with E-state index in [1.165, 1.54) is 0 Å². The summed E-state index contributed by atoms with van der Waals surface area (Å²) in [5, 5.41) is 0. The average Bonchev–Trinajstić information content (AvgIpc) is 2.84. The van der Waals surface area contributed by atoms with E-state index in [1.807, 2.05) is 50.2 Å². The minimum Gasteiger partial charge on any atom is -0.490 e. The van der Waals surface area contributed by atoms with Crippen LogP contribution in [0.25, 0.3) is 22.3 Å². The molecular weight excluding hydrogens is 432 g/mol. The molecule has 3 nitrogen and oxygen atoms in total. The van der Waals surface area contributed by atoms with Crippen LogP contribution in [0.3, 0.4) is 0 Å². The average molecular weight is 467 g/mol. The Labute approximate surface area is 209 Å². The molecule has 0 heterocycles. The van der Waals surface area contributed by atoms with E-state index in [-0.39, 0.29) is 17.5 Å². The molecule has 35 heavy (non-hydrogen) atoms. The lowest BCUT2D eigenvalue weighted by atomic mass is 9.97. The van der Waals surface area contributed by atoms with Gasteiger partial charge in [0.05, 0.1) is 0 Å². The lowest BCUT2D eigenvalue weighted by Crippen LogP contribution is -2.09. The number of ether oxygens (including phenoxy) is 1. The molecule has 3 rings (SSSR count). The molecule has 3 heteroatoms. The Kier molecular flexibility index (Phi) is 8.97. The van der Waals surface area contributed by atoms with E-state index in [1.54, 1.807) is 19.9 Å². The number of benzene rings is 3. The quantitative estimate of drug-likeness (QED) is 0.289. The zero-order chi connectivity index (χ0) is 25.4. The second-order valence-electron chi connectivity index (χ2n) is 9.15. The predicted octanol–water partition coefficient (Wildman–Crippen LogP) is 7.60. The minimum atomic E-state index is 0.0374. The Bertz CT molecular complexity index is 1230. The fraction of sp³-hybridized carbons (Fsp3) is 0.250. The molecule has 0 N–H and O–H groups in total. The van der Waals surface area contributed by atoms with Gasteiger partial charge in [0, 0.05) is 5.92 Å². The van der Waals surface area contributed by atoms with Gasteiger partial charge in [-0.1, -0.05) is 61.5 Å². The molecule has 3 aromatic carbocycles. The van der Waals surface area contributed by atoms with Crippen molar-refractivity contribution in [2.45, 2.75) is 41.0 Å². The van der Waals surface area contributed by atoms with Gasteiger partial charge in [-0.3, -0.25) is 9.59 Å². The zero-order valence-electron chi connectivity index (χ0n) is 21.3. The van der Waals surface area contributed by atoms with E-state index < -0.39 is 0 Å². The Morgan fingerprint density at radius 1 is 0.800 bits per heavy atom. The van der Waals surface area contributed by atoms with Crippen molar-refractivity contribution in [3.63, 3.8) is 0 Å². The topological polar surface area (TPSA) is 43.4 Å². The normalized spacial score (nSPS) is 12.8. The third-order valence-corrected chi connectivity index (χ3v) is 6.21. The number of carbonyl (C=O) groups excluding carboxylic acids is 2. The second kappa shape index (κ2) is 12.1. The monoisotopic (exact) mass is 466 g/mol. The van der Waals surface area contributed by atoms with E-state index in [9.17, 15) is 9.59 Å².